The Hall–Kier alpha value is -0.770. The first kappa shape index (κ1) is 3.23. The molecule has 0 aliphatic heterocycles. The number of hydrogen-bond donors (Lipinski definition) is 1. The first-order valence-electron chi connectivity index (χ1n) is 0.866. The molecule has 0 spiro atoms. The van der Waals surface area contributed by atoms with Gasteiger partial charge in [0, 0.05) is 0 Å². The van der Waals surface area contributed by atoms with Gasteiger partial charge in [-0.25, -0.2) is 0 Å². The van der Waals surface area contributed by atoms with E-state index in [4.69, 9.17) is 5.41 Å². The monoisotopic (exact) mass is 56.0 g/mol. The summed E-state index contributed by atoms with van der Waals surface area (Å²) in [5, 5.41) is 6.09. The van der Waals surface area contributed by atoms with Gasteiger partial charge in [-0.1, -0.05) is 5.92 Å². The molecule has 0 unspecified atom stereocenters. The summed E-state index contributed by atoms with van der Waals surface area (Å²) < 4.78 is 0. The summed E-state index contributed by atoms with van der Waals surface area (Å²) in [6.45, 7) is 0. The van der Waals surface area contributed by atoms with Gasteiger partial charge in [-0.3, -0.25) is 5.41 Å². The summed E-state index contributed by atoms with van der Waals surface area (Å²) in [5.74, 6) is 1.97. The van der Waals surface area contributed by atoms with E-state index in [9.17, 15) is 0 Å². The number of nitrogens with one attached hydrogen (secondary N) is 1. The lowest BCUT2D eigenvalue weighted by Gasteiger charge is -1.36. The fraction of sp³-hybridized carbons (Fsp3) is 0. The van der Waals surface area contributed by atoms with Crippen molar-refractivity contribution in [3.8, 4) is 12.3 Å². The minimum Gasteiger partial charge on any atom is -0.300 e. The Balaban J connectivity index is 2.92. The third-order valence-electron chi connectivity index (χ3n) is 0.0833. The van der Waals surface area contributed by atoms with Crippen molar-refractivity contribution >= 4 is 6.21 Å². The quantitative estimate of drug-likeness (QED) is 0.234. The maximum atomic E-state index is 6.09. The predicted molar refractivity (Wildman–Crippen MR) is 17.6 cm³/mol. The second-order valence-corrected chi connectivity index (χ2v) is 0.311. The van der Waals surface area contributed by atoms with Crippen molar-refractivity contribution < 1.29 is 0 Å². The van der Waals surface area contributed by atoms with Crippen molar-refractivity contribution in [1.82, 2.24) is 0 Å². The van der Waals surface area contributed by atoms with Crippen LogP contribution in [-0.2, 0) is 0 Å². The highest BCUT2D eigenvalue weighted by atomic mass is 14.6. The van der Waals surface area contributed by atoms with Crippen molar-refractivity contribution in [2.45, 2.75) is 0 Å². The average Bonchev–Trinajstić information content (AvgIpc) is 1.37. The van der Waals surface area contributed by atoms with Crippen LogP contribution < -0.4 is 0 Å². The van der Waals surface area contributed by atoms with Gasteiger partial charge in [0.05, 0.1) is 6.21 Å². The number of hydrogen-bond acceptors (Lipinski definition) is 1. The SMILES string of the molecule is [13CH]#[13C][13CH]=N. The zero-order chi connectivity index (χ0) is 3.41. The van der Waals surface area contributed by atoms with Crippen LogP contribution in [0.3, 0.4) is 0 Å². The van der Waals surface area contributed by atoms with E-state index in [1.54, 1.807) is 0 Å². The van der Waals surface area contributed by atoms with Gasteiger partial charge < -0.3 is 0 Å². The molecule has 0 aliphatic carbocycles. The molecule has 1 nitrogen and oxygen atoms in total. The molecule has 0 aromatic carbocycles. The summed E-state index contributed by atoms with van der Waals surface area (Å²) >= 11 is 0. The fourth-order valence-electron chi connectivity index (χ4n) is 0. The highest BCUT2D eigenvalue weighted by Crippen LogP contribution is 1.22. The molecular weight excluding hydrogens is 53.0 g/mol. The highest BCUT2D eigenvalue weighted by molar-refractivity contribution is 5.73. The lowest BCUT2D eigenvalue weighted by molar-refractivity contribution is 1.59. The van der Waals surface area contributed by atoms with E-state index in [1.807, 2.05) is 5.92 Å². The number of rotatable bonds is 0. The Labute approximate surface area is 25.2 Å². The lowest BCUT2D eigenvalue weighted by Crippen LogP contribution is -1.44. The normalized spacial score (nSPS) is 3.75. The molecule has 0 fully saturated rings. The van der Waals surface area contributed by atoms with E-state index in [0.717, 1.165) is 6.21 Å². The molecule has 0 rings (SSSR count). The van der Waals surface area contributed by atoms with Gasteiger partial charge in [-0.2, -0.15) is 0 Å². The number of terminal acetylenes is 1. The van der Waals surface area contributed by atoms with Gasteiger partial charge in [0.25, 0.3) is 0 Å². The van der Waals surface area contributed by atoms with Gasteiger partial charge in [0.15, 0.2) is 0 Å². The second kappa shape index (κ2) is 2.23. The van der Waals surface area contributed by atoms with Crippen LogP contribution in [0.25, 0.3) is 0 Å². The van der Waals surface area contributed by atoms with Crippen LogP contribution in [0.2, 0.25) is 0 Å². The van der Waals surface area contributed by atoms with Crippen LogP contribution in [0.5, 0.6) is 0 Å². The van der Waals surface area contributed by atoms with E-state index in [-0.39, 0.29) is 0 Å². The highest BCUT2D eigenvalue weighted by Gasteiger charge is 1.29. The maximum Gasteiger partial charge on any atom is 0.0673 e. The molecule has 0 amide bonds. The zero-order valence-corrected chi connectivity index (χ0v) is 2.15. The van der Waals surface area contributed by atoms with Crippen LogP contribution in [0.15, 0.2) is 0 Å². The molecule has 1 heteroatoms. The van der Waals surface area contributed by atoms with Crippen LogP contribution in [0.1, 0.15) is 0 Å². The second-order valence-electron chi connectivity index (χ2n) is 0.311. The summed E-state index contributed by atoms with van der Waals surface area (Å²) in [6, 6.07) is 0. The molecular formula is C3H3N. The van der Waals surface area contributed by atoms with Crippen LogP contribution in [-0.4, -0.2) is 6.21 Å². The van der Waals surface area contributed by atoms with Gasteiger partial charge in [0.1, 0.15) is 0 Å². The van der Waals surface area contributed by atoms with E-state index in [0.29, 0.717) is 0 Å². The molecule has 0 saturated heterocycles. The fourth-order valence-corrected chi connectivity index (χ4v) is 0. The van der Waals surface area contributed by atoms with Gasteiger partial charge in [0.2, 0.25) is 0 Å². The van der Waals surface area contributed by atoms with Crippen molar-refractivity contribution in [2.24, 2.45) is 0 Å². The Morgan fingerprint density at radius 3 is 2.25 bits per heavy atom. The van der Waals surface area contributed by atoms with Crippen LogP contribution >= 0.6 is 0 Å². The molecule has 1 N–H and O–H groups in total. The molecule has 0 saturated carbocycles. The summed E-state index contributed by atoms with van der Waals surface area (Å²) in [6.07, 6.45) is 5.44. The molecule has 0 aliphatic rings. The zero-order valence-electron chi connectivity index (χ0n) is 2.15. The van der Waals surface area contributed by atoms with E-state index in [2.05, 4.69) is 6.42 Å². The third kappa shape index (κ3) is 1.23. The summed E-state index contributed by atoms with van der Waals surface area (Å²) in [7, 11) is 0. The minimum atomic E-state index is 0.903. The Kier molecular flexibility index (Phi) is 1.80. The molecule has 0 bridgehead atoms. The molecule has 0 heterocycles. The van der Waals surface area contributed by atoms with Crippen molar-refractivity contribution in [1.29, 1.82) is 5.41 Å². The molecule has 20 valence electrons. The van der Waals surface area contributed by atoms with E-state index < -0.39 is 0 Å². The van der Waals surface area contributed by atoms with Crippen LogP contribution in [0, 0.1) is 17.8 Å². The van der Waals surface area contributed by atoms with E-state index >= 15 is 0 Å². The molecule has 0 radical (unpaired) electrons. The van der Waals surface area contributed by atoms with Crippen molar-refractivity contribution in [3.63, 3.8) is 0 Å². The molecule has 4 heavy (non-hydrogen) atoms. The smallest absolute Gasteiger partial charge is 0.0673 e. The van der Waals surface area contributed by atoms with E-state index in [1.165, 1.54) is 0 Å². The predicted octanol–water partition coefficient (Wildman–Crippen LogP) is 0.269. The topological polar surface area (TPSA) is 23.9 Å². The molecule has 0 aromatic heterocycles. The Morgan fingerprint density at radius 2 is 2.25 bits per heavy atom. The summed E-state index contributed by atoms with van der Waals surface area (Å²) in [4.78, 5) is 0. The molecule has 0 aromatic rings. The first-order valence-corrected chi connectivity index (χ1v) is 0.866. The summed E-state index contributed by atoms with van der Waals surface area (Å²) in [5.41, 5.74) is 0. The third-order valence-corrected chi connectivity index (χ3v) is 0.0833. The largest absolute Gasteiger partial charge is 0.300 e. The first-order chi connectivity index (χ1) is 1.91. The van der Waals surface area contributed by atoms with Gasteiger partial charge >= 0.3 is 0 Å². The Morgan fingerprint density at radius 1 is 2.00 bits per heavy atom. The van der Waals surface area contributed by atoms with Gasteiger partial charge in [-0.15, -0.1) is 6.42 Å². The van der Waals surface area contributed by atoms with Gasteiger partial charge in [-0.05, 0) is 0 Å². The molecule has 0 atom stereocenters. The average molecular weight is 56.0 g/mol. The van der Waals surface area contributed by atoms with Crippen LogP contribution in [0.4, 0.5) is 0 Å². The van der Waals surface area contributed by atoms with Crippen molar-refractivity contribution in [3.05, 3.63) is 0 Å². The Bertz CT molecular complexity index is 48.8. The maximum absolute atomic E-state index is 6.09. The standard InChI is InChI=1S/C3H3N/c1-2-3-4/h1,3-4H/i1+1,2+1,3+1. The minimum absolute atomic E-state index is 0.903. The van der Waals surface area contributed by atoms with Crippen molar-refractivity contribution in [2.75, 3.05) is 0 Å². The lowest BCUT2D eigenvalue weighted by atomic mass is 11.8.